The summed E-state index contributed by atoms with van der Waals surface area (Å²) in [6.45, 7) is 0.0903. The number of nitro benzene ring substituents is 1. The summed E-state index contributed by atoms with van der Waals surface area (Å²) in [7, 11) is 0. The second-order valence-corrected chi connectivity index (χ2v) is 5.52. The molecule has 1 aliphatic heterocycles. The maximum atomic E-state index is 13.6. The van der Waals surface area contributed by atoms with Gasteiger partial charge in [-0.2, -0.15) is 0 Å². The molecule has 1 aromatic rings. The topological polar surface area (TPSA) is 102 Å². The van der Waals surface area contributed by atoms with Crippen molar-refractivity contribution in [3.05, 3.63) is 31.6 Å². The van der Waals surface area contributed by atoms with E-state index in [9.17, 15) is 24.4 Å². The molecule has 1 unspecified atom stereocenters. The Morgan fingerprint density at radius 2 is 2.30 bits per heavy atom. The van der Waals surface area contributed by atoms with Gasteiger partial charge in [-0.15, -0.1) is 0 Å². The van der Waals surface area contributed by atoms with E-state index in [4.69, 9.17) is 4.74 Å². The van der Waals surface area contributed by atoms with Gasteiger partial charge in [0.1, 0.15) is 11.5 Å². The number of aliphatic carboxylic acids is 1. The van der Waals surface area contributed by atoms with Gasteiger partial charge in [0.15, 0.2) is 5.54 Å². The van der Waals surface area contributed by atoms with Crippen molar-refractivity contribution in [3.8, 4) is 0 Å². The van der Waals surface area contributed by atoms with Crippen molar-refractivity contribution >= 4 is 39.9 Å². The number of nitrogens with zero attached hydrogens (tertiary/aromatic N) is 1. The van der Waals surface area contributed by atoms with Crippen LogP contribution in [0.4, 0.5) is 15.8 Å². The number of nitrogens with one attached hydrogen (secondary N) is 1. The van der Waals surface area contributed by atoms with Crippen molar-refractivity contribution in [1.29, 1.82) is 0 Å². The number of anilines is 1. The molecule has 7 nitrogen and oxygen atoms in total. The van der Waals surface area contributed by atoms with E-state index in [0.717, 1.165) is 12.1 Å². The highest BCUT2D eigenvalue weighted by molar-refractivity contribution is 14.1. The number of benzene rings is 1. The van der Waals surface area contributed by atoms with Crippen LogP contribution >= 0.6 is 22.6 Å². The lowest BCUT2D eigenvalue weighted by molar-refractivity contribution is -0.384. The fourth-order valence-electron chi connectivity index (χ4n) is 1.93. The SMILES string of the molecule is O=C(O)C1(Nc2cc(F)c(I)cc2[N+](=O)[O-])CCOC1. The Morgan fingerprint density at radius 3 is 2.80 bits per heavy atom. The number of halogens is 2. The second-order valence-electron chi connectivity index (χ2n) is 4.36. The van der Waals surface area contributed by atoms with Crippen molar-refractivity contribution in [2.24, 2.45) is 0 Å². The first-order chi connectivity index (χ1) is 9.35. The highest BCUT2D eigenvalue weighted by atomic mass is 127. The van der Waals surface area contributed by atoms with Crippen LogP contribution in [0.1, 0.15) is 6.42 Å². The van der Waals surface area contributed by atoms with Crippen LogP contribution in [-0.2, 0) is 9.53 Å². The Morgan fingerprint density at radius 1 is 1.60 bits per heavy atom. The summed E-state index contributed by atoms with van der Waals surface area (Å²) >= 11 is 1.63. The maximum Gasteiger partial charge on any atom is 0.331 e. The first kappa shape index (κ1) is 14.9. The summed E-state index contributed by atoms with van der Waals surface area (Å²) in [5.41, 5.74) is -2.01. The molecule has 0 bridgehead atoms. The van der Waals surface area contributed by atoms with Gasteiger partial charge in [-0.1, -0.05) is 0 Å². The van der Waals surface area contributed by atoms with Gasteiger partial charge in [0.05, 0.1) is 15.1 Å². The molecule has 1 fully saturated rings. The molecule has 0 aromatic heterocycles. The molecule has 1 aliphatic rings. The minimum absolute atomic E-state index is 0.0897. The van der Waals surface area contributed by atoms with E-state index in [2.05, 4.69) is 5.32 Å². The number of rotatable bonds is 4. The summed E-state index contributed by atoms with van der Waals surface area (Å²) in [6, 6.07) is 1.99. The lowest BCUT2D eigenvalue weighted by Gasteiger charge is -2.24. The van der Waals surface area contributed by atoms with Crippen LogP contribution in [0.15, 0.2) is 12.1 Å². The molecule has 0 aliphatic carbocycles. The molecule has 1 aromatic carbocycles. The predicted octanol–water partition coefficient (Wildman–Crippen LogP) is 1.99. The number of ether oxygens (including phenoxy) is 1. The molecule has 0 spiro atoms. The quantitative estimate of drug-likeness (QED) is 0.459. The van der Waals surface area contributed by atoms with Crippen LogP contribution in [0.5, 0.6) is 0 Å². The van der Waals surface area contributed by atoms with Crippen LogP contribution in [0.3, 0.4) is 0 Å². The van der Waals surface area contributed by atoms with Gasteiger partial charge in [-0.25, -0.2) is 9.18 Å². The standard InChI is InChI=1S/C11H10FIN2O5/c12-6-3-8(9(15(18)19)4-7(6)13)14-11(10(16)17)1-2-20-5-11/h3-4,14H,1-2,5H2,(H,16,17). The predicted molar refractivity (Wildman–Crippen MR) is 75.2 cm³/mol. The average molecular weight is 396 g/mol. The van der Waals surface area contributed by atoms with E-state index in [1.54, 1.807) is 22.6 Å². The van der Waals surface area contributed by atoms with Gasteiger partial charge in [0.25, 0.3) is 5.69 Å². The molecule has 108 valence electrons. The number of carbonyl (C=O) groups is 1. The van der Waals surface area contributed by atoms with Gasteiger partial charge >= 0.3 is 5.97 Å². The molecular formula is C11H10FIN2O5. The highest BCUT2D eigenvalue weighted by Gasteiger charge is 2.43. The van der Waals surface area contributed by atoms with E-state index in [1.165, 1.54) is 0 Å². The molecule has 0 saturated carbocycles. The summed E-state index contributed by atoms with van der Waals surface area (Å²) in [5, 5.41) is 22.8. The van der Waals surface area contributed by atoms with Crippen molar-refractivity contribution < 1.29 is 24.0 Å². The van der Waals surface area contributed by atoms with Crippen LogP contribution in [0.25, 0.3) is 0 Å². The van der Waals surface area contributed by atoms with E-state index in [-0.39, 0.29) is 34.6 Å². The third-order valence-electron chi connectivity index (χ3n) is 3.04. The average Bonchev–Trinajstić information content (AvgIpc) is 2.83. The molecule has 0 amide bonds. The van der Waals surface area contributed by atoms with Gasteiger partial charge in [0.2, 0.25) is 0 Å². The number of carboxylic acid groups (broad SMARTS) is 1. The molecule has 1 atom stereocenters. The Hall–Kier alpha value is -1.49. The molecule has 2 rings (SSSR count). The van der Waals surface area contributed by atoms with Crippen molar-refractivity contribution in [2.75, 3.05) is 18.5 Å². The fraction of sp³-hybridized carbons (Fsp3) is 0.364. The summed E-state index contributed by atoms with van der Waals surface area (Å²) in [4.78, 5) is 21.7. The zero-order valence-electron chi connectivity index (χ0n) is 10.1. The van der Waals surface area contributed by atoms with Gasteiger partial charge < -0.3 is 15.2 Å². The first-order valence-electron chi connectivity index (χ1n) is 5.58. The Balaban J connectivity index is 2.44. The number of carboxylic acids is 1. The van der Waals surface area contributed by atoms with Gasteiger partial charge in [-0.3, -0.25) is 10.1 Å². The minimum Gasteiger partial charge on any atom is -0.479 e. The number of hydrogen-bond donors (Lipinski definition) is 2. The van der Waals surface area contributed by atoms with E-state index < -0.39 is 22.2 Å². The summed E-state index contributed by atoms with van der Waals surface area (Å²) in [5.74, 6) is -1.85. The van der Waals surface area contributed by atoms with Gasteiger partial charge in [0, 0.05) is 25.2 Å². The molecular weight excluding hydrogens is 386 g/mol. The van der Waals surface area contributed by atoms with Crippen molar-refractivity contribution in [2.45, 2.75) is 12.0 Å². The monoisotopic (exact) mass is 396 g/mol. The molecule has 9 heteroatoms. The third-order valence-corrected chi connectivity index (χ3v) is 3.87. The first-order valence-corrected chi connectivity index (χ1v) is 6.66. The van der Waals surface area contributed by atoms with Crippen LogP contribution < -0.4 is 5.32 Å². The number of hydrogen-bond acceptors (Lipinski definition) is 5. The molecule has 2 N–H and O–H groups in total. The van der Waals surface area contributed by atoms with E-state index in [0.29, 0.717) is 0 Å². The Bertz CT molecular complexity index is 574. The Labute approximate surface area is 126 Å². The summed E-state index contributed by atoms with van der Waals surface area (Å²) < 4.78 is 18.7. The van der Waals surface area contributed by atoms with E-state index >= 15 is 0 Å². The zero-order valence-corrected chi connectivity index (χ0v) is 12.2. The highest BCUT2D eigenvalue weighted by Crippen LogP contribution is 2.33. The minimum atomic E-state index is -1.47. The molecule has 20 heavy (non-hydrogen) atoms. The zero-order chi connectivity index (χ0) is 14.9. The second kappa shape index (κ2) is 5.48. The molecule has 1 heterocycles. The van der Waals surface area contributed by atoms with Crippen molar-refractivity contribution in [3.63, 3.8) is 0 Å². The normalized spacial score (nSPS) is 21.7. The van der Waals surface area contributed by atoms with Crippen LogP contribution in [-0.4, -0.2) is 34.8 Å². The Kier molecular flexibility index (Phi) is 4.09. The fourth-order valence-corrected chi connectivity index (χ4v) is 2.38. The van der Waals surface area contributed by atoms with E-state index in [1.807, 2.05) is 0 Å². The molecule has 1 saturated heterocycles. The lowest BCUT2D eigenvalue weighted by Crippen LogP contribution is -2.47. The van der Waals surface area contributed by atoms with Crippen LogP contribution in [0, 0.1) is 19.5 Å². The maximum absolute atomic E-state index is 13.6. The largest absolute Gasteiger partial charge is 0.479 e. The van der Waals surface area contributed by atoms with Crippen molar-refractivity contribution in [1.82, 2.24) is 0 Å². The summed E-state index contributed by atoms with van der Waals surface area (Å²) in [6.07, 6.45) is 0.146. The van der Waals surface area contributed by atoms with Crippen LogP contribution in [0.2, 0.25) is 0 Å². The smallest absolute Gasteiger partial charge is 0.331 e. The lowest BCUT2D eigenvalue weighted by atomic mass is 9.98. The molecule has 0 radical (unpaired) electrons. The van der Waals surface area contributed by atoms with Gasteiger partial charge in [-0.05, 0) is 22.6 Å². The number of nitro groups is 1. The third kappa shape index (κ3) is 2.68.